The van der Waals surface area contributed by atoms with Gasteiger partial charge in [0, 0.05) is 32.7 Å². The van der Waals surface area contributed by atoms with Gasteiger partial charge in [-0.15, -0.1) is 0 Å². The molecule has 2 fully saturated rings. The van der Waals surface area contributed by atoms with Crippen LogP contribution in [0.15, 0.2) is 0 Å². The summed E-state index contributed by atoms with van der Waals surface area (Å²) in [6.45, 7) is 3.41. The summed E-state index contributed by atoms with van der Waals surface area (Å²) in [5, 5.41) is 3.01. The van der Waals surface area contributed by atoms with Crippen LogP contribution in [0.2, 0.25) is 0 Å². The van der Waals surface area contributed by atoms with Crippen molar-refractivity contribution >= 4 is 12.4 Å². The third-order valence-corrected chi connectivity index (χ3v) is 3.77. The highest BCUT2D eigenvalue weighted by atomic mass is 16.2. The summed E-state index contributed by atoms with van der Waals surface area (Å²) in [6.07, 6.45) is 5.96. The summed E-state index contributed by atoms with van der Waals surface area (Å²) in [4.78, 5) is 25.9. The Balaban J connectivity index is 1.67. The number of rotatable bonds is 3. The van der Waals surface area contributed by atoms with E-state index in [1.807, 2.05) is 0 Å². The standard InChI is InChI=1S/C12H21N3O2/c16-10-14-5-7-15(8-6-14)12(17)13-9-11-3-1-2-4-11/h10-11H,1-9H2,(H,13,17). The SMILES string of the molecule is O=CN1CCN(C(=O)NCC2CCCC2)CC1. The summed E-state index contributed by atoms with van der Waals surface area (Å²) in [7, 11) is 0. The molecule has 1 heterocycles. The molecule has 2 rings (SSSR count). The highest BCUT2D eigenvalue weighted by molar-refractivity contribution is 5.74. The van der Waals surface area contributed by atoms with E-state index >= 15 is 0 Å². The average molecular weight is 239 g/mol. The minimum Gasteiger partial charge on any atom is -0.342 e. The highest BCUT2D eigenvalue weighted by Gasteiger charge is 2.21. The molecular formula is C12H21N3O2. The maximum absolute atomic E-state index is 11.9. The van der Waals surface area contributed by atoms with Gasteiger partial charge in [-0.2, -0.15) is 0 Å². The maximum atomic E-state index is 11.9. The van der Waals surface area contributed by atoms with Gasteiger partial charge in [0.25, 0.3) is 0 Å². The molecule has 1 N–H and O–H groups in total. The van der Waals surface area contributed by atoms with Crippen LogP contribution in [0.1, 0.15) is 25.7 Å². The molecule has 5 heteroatoms. The van der Waals surface area contributed by atoms with Crippen molar-refractivity contribution in [3.8, 4) is 0 Å². The first-order valence-electron chi connectivity index (χ1n) is 6.51. The Morgan fingerprint density at radius 2 is 1.82 bits per heavy atom. The number of hydrogen-bond donors (Lipinski definition) is 1. The molecule has 0 spiro atoms. The molecule has 1 aliphatic heterocycles. The molecule has 96 valence electrons. The first-order valence-corrected chi connectivity index (χ1v) is 6.51. The fourth-order valence-corrected chi connectivity index (χ4v) is 2.59. The minimum absolute atomic E-state index is 0.0300. The van der Waals surface area contributed by atoms with Gasteiger partial charge in [0.1, 0.15) is 0 Å². The van der Waals surface area contributed by atoms with E-state index in [0.717, 1.165) is 13.0 Å². The molecule has 0 atom stereocenters. The number of urea groups is 1. The van der Waals surface area contributed by atoms with E-state index in [4.69, 9.17) is 0 Å². The third kappa shape index (κ3) is 3.35. The van der Waals surface area contributed by atoms with Crippen molar-refractivity contribution in [2.24, 2.45) is 5.92 Å². The Labute approximate surface area is 102 Å². The molecule has 2 aliphatic rings. The largest absolute Gasteiger partial charge is 0.342 e. The predicted molar refractivity (Wildman–Crippen MR) is 64.6 cm³/mol. The summed E-state index contributed by atoms with van der Waals surface area (Å²) in [6, 6.07) is 0.0300. The van der Waals surface area contributed by atoms with E-state index < -0.39 is 0 Å². The lowest BCUT2D eigenvalue weighted by Gasteiger charge is -2.32. The second kappa shape index (κ2) is 5.89. The fraction of sp³-hybridized carbons (Fsp3) is 0.833. The van der Waals surface area contributed by atoms with Crippen molar-refractivity contribution in [1.82, 2.24) is 15.1 Å². The Morgan fingerprint density at radius 1 is 1.18 bits per heavy atom. The molecule has 1 saturated carbocycles. The van der Waals surface area contributed by atoms with Gasteiger partial charge in [0.2, 0.25) is 6.41 Å². The highest BCUT2D eigenvalue weighted by Crippen LogP contribution is 2.23. The van der Waals surface area contributed by atoms with E-state index in [-0.39, 0.29) is 6.03 Å². The van der Waals surface area contributed by atoms with Crippen LogP contribution >= 0.6 is 0 Å². The van der Waals surface area contributed by atoms with Gasteiger partial charge in [-0.05, 0) is 18.8 Å². The Kier molecular flexibility index (Phi) is 4.23. The van der Waals surface area contributed by atoms with Gasteiger partial charge in [-0.1, -0.05) is 12.8 Å². The number of nitrogens with one attached hydrogen (secondary N) is 1. The maximum Gasteiger partial charge on any atom is 0.317 e. The van der Waals surface area contributed by atoms with Crippen LogP contribution in [-0.2, 0) is 4.79 Å². The molecule has 0 bridgehead atoms. The van der Waals surface area contributed by atoms with Crippen molar-refractivity contribution in [2.75, 3.05) is 32.7 Å². The minimum atomic E-state index is 0.0300. The molecule has 1 saturated heterocycles. The number of nitrogens with zero attached hydrogens (tertiary/aromatic N) is 2. The van der Waals surface area contributed by atoms with E-state index in [2.05, 4.69) is 5.32 Å². The summed E-state index contributed by atoms with van der Waals surface area (Å²) in [5.41, 5.74) is 0. The number of piperazine rings is 1. The molecule has 3 amide bonds. The van der Waals surface area contributed by atoms with Crippen LogP contribution in [0.4, 0.5) is 4.79 Å². The zero-order chi connectivity index (χ0) is 12.1. The molecule has 17 heavy (non-hydrogen) atoms. The zero-order valence-electron chi connectivity index (χ0n) is 10.2. The third-order valence-electron chi connectivity index (χ3n) is 3.77. The lowest BCUT2D eigenvalue weighted by molar-refractivity contribution is -0.119. The zero-order valence-corrected chi connectivity index (χ0v) is 10.2. The van der Waals surface area contributed by atoms with Crippen LogP contribution in [-0.4, -0.2) is 55.0 Å². The Morgan fingerprint density at radius 3 is 2.41 bits per heavy atom. The van der Waals surface area contributed by atoms with Crippen molar-refractivity contribution in [3.63, 3.8) is 0 Å². The van der Waals surface area contributed by atoms with Crippen molar-refractivity contribution in [2.45, 2.75) is 25.7 Å². The number of hydrogen-bond acceptors (Lipinski definition) is 2. The number of amides is 3. The van der Waals surface area contributed by atoms with Crippen molar-refractivity contribution in [3.05, 3.63) is 0 Å². The average Bonchev–Trinajstić information content (AvgIpc) is 2.89. The number of carbonyl (C=O) groups is 2. The second-order valence-electron chi connectivity index (χ2n) is 4.96. The Bertz CT molecular complexity index is 269. The fourth-order valence-electron chi connectivity index (χ4n) is 2.59. The quantitative estimate of drug-likeness (QED) is 0.736. The number of carbonyl (C=O) groups excluding carboxylic acids is 2. The first-order chi connectivity index (χ1) is 8.29. The monoisotopic (exact) mass is 239 g/mol. The van der Waals surface area contributed by atoms with Gasteiger partial charge >= 0.3 is 6.03 Å². The van der Waals surface area contributed by atoms with Crippen molar-refractivity contribution < 1.29 is 9.59 Å². The van der Waals surface area contributed by atoms with Crippen LogP contribution in [0.3, 0.4) is 0 Å². The van der Waals surface area contributed by atoms with Crippen LogP contribution in [0, 0.1) is 5.92 Å². The molecule has 1 aliphatic carbocycles. The molecule has 0 aromatic carbocycles. The van der Waals surface area contributed by atoms with E-state index in [1.54, 1.807) is 9.80 Å². The summed E-state index contributed by atoms with van der Waals surface area (Å²) in [5.74, 6) is 0.676. The molecule has 0 aromatic heterocycles. The summed E-state index contributed by atoms with van der Waals surface area (Å²) >= 11 is 0. The second-order valence-corrected chi connectivity index (χ2v) is 4.96. The van der Waals surface area contributed by atoms with Gasteiger partial charge in [-0.3, -0.25) is 4.79 Å². The van der Waals surface area contributed by atoms with Crippen LogP contribution in [0.25, 0.3) is 0 Å². The van der Waals surface area contributed by atoms with Crippen molar-refractivity contribution in [1.29, 1.82) is 0 Å². The first kappa shape index (κ1) is 12.2. The predicted octanol–water partition coefficient (Wildman–Crippen LogP) is 0.660. The lowest BCUT2D eigenvalue weighted by atomic mass is 10.1. The smallest absolute Gasteiger partial charge is 0.317 e. The Hall–Kier alpha value is -1.26. The molecular weight excluding hydrogens is 218 g/mol. The molecule has 0 aromatic rings. The molecule has 5 nitrogen and oxygen atoms in total. The lowest BCUT2D eigenvalue weighted by Crippen LogP contribution is -2.51. The van der Waals surface area contributed by atoms with E-state index in [1.165, 1.54) is 25.7 Å². The summed E-state index contributed by atoms with van der Waals surface area (Å²) < 4.78 is 0. The topological polar surface area (TPSA) is 52.7 Å². The van der Waals surface area contributed by atoms with Gasteiger partial charge < -0.3 is 15.1 Å². The van der Waals surface area contributed by atoms with Crippen LogP contribution in [0.5, 0.6) is 0 Å². The van der Waals surface area contributed by atoms with E-state index in [9.17, 15) is 9.59 Å². The van der Waals surface area contributed by atoms with Gasteiger partial charge in [-0.25, -0.2) is 4.79 Å². The van der Waals surface area contributed by atoms with E-state index in [0.29, 0.717) is 32.1 Å². The van der Waals surface area contributed by atoms with Gasteiger partial charge in [0.15, 0.2) is 0 Å². The van der Waals surface area contributed by atoms with Crippen LogP contribution < -0.4 is 5.32 Å². The van der Waals surface area contributed by atoms with Gasteiger partial charge in [0.05, 0.1) is 0 Å². The molecule has 0 radical (unpaired) electrons. The normalized spacial score (nSPS) is 21.6. The molecule has 0 unspecified atom stereocenters.